The van der Waals surface area contributed by atoms with E-state index in [1.54, 1.807) is 0 Å². The molecular weight excluding hydrogens is 264 g/mol. The lowest BCUT2D eigenvalue weighted by atomic mass is 9.76. The molecule has 22 heavy (non-hydrogen) atoms. The van der Waals surface area contributed by atoms with Gasteiger partial charge in [-0.3, -0.25) is 0 Å². The second kappa shape index (κ2) is 4.98. The van der Waals surface area contributed by atoms with E-state index in [0.717, 1.165) is 0 Å². The van der Waals surface area contributed by atoms with Crippen molar-refractivity contribution in [2.75, 3.05) is 0 Å². The number of aryl methyl sites for hydroxylation is 2. The fourth-order valence-corrected chi connectivity index (χ4v) is 4.31. The topological polar surface area (TPSA) is 0 Å². The highest BCUT2D eigenvalue weighted by Gasteiger charge is 2.32. The van der Waals surface area contributed by atoms with Crippen LogP contribution in [0, 0.1) is 19.8 Å². The van der Waals surface area contributed by atoms with Gasteiger partial charge in [0.1, 0.15) is 0 Å². The zero-order chi connectivity index (χ0) is 15.3. The van der Waals surface area contributed by atoms with Gasteiger partial charge in [-0.1, -0.05) is 67.6 Å². The molecule has 0 N–H and O–H groups in total. The smallest absolute Gasteiger partial charge is 0.00643 e. The van der Waals surface area contributed by atoms with Gasteiger partial charge in [-0.2, -0.15) is 0 Å². The normalized spacial score (nSPS) is 22.7. The predicted octanol–water partition coefficient (Wildman–Crippen LogP) is 5.86. The van der Waals surface area contributed by atoms with E-state index in [2.05, 4.69) is 81.5 Å². The number of fused-ring (bicyclic) bond motifs is 2. The van der Waals surface area contributed by atoms with E-state index >= 15 is 0 Å². The van der Waals surface area contributed by atoms with Crippen LogP contribution >= 0.6 is 0 Å². The summed E-state index contributed by atoms with van der Waals surface area (Å²) in [6, 6.07) is 13.3. The van der Waals surface area contributed by atoms with Crippen LogP contribution in [0.1, 0.15) is 52.1 Å². The summed E-state index contributed by atoms with van der Waals surface area (Å²) < 4.78 is 0. The van der Waals surface area contributed by atoms with Gasteiger partial charge < -0.3 is 0 Å². The summed E-state index contributed by atoms with van der Waals surface area (Å²) in [5.41, 5.74) is 8.72. The number of hydrogen-bond acceptors (Lipinski definition) is 0. The van der Waals surface area contributed by atoms with Gasteiger partial charge in [0.05, 0.1) is 0 Å². The zero-order valence-electron chi connectivity index (χ0n) is 13.5. The minimum absolute atomic E-state index is 0.524. The highest BCUT2D eigenvalue weighted by atomic mass is 14.4. The molecule has 0 aromatic heterocycles. The average molecular weight is 286 g/mol. The Labute approximate surface area is 133 Å². The molecule has 0 spiro atoms. The van der Waals surface area contributed by atoms with E-state index in [0.29, 0.717) is 17.8 Å². The minimum atomic E-state index is 0.524. The summed E-state index contributed by atoms with van der Waals surface area (Å²) in [5, 5.41) is 0. The molecule has 2 aromatic carbocycles. The molecule has 2 aliphatic rings. The lowest BCUT2D eigenvalue weighted by molar-refractivity contribution is 0.479. The molecular formula is C22H22. The third kappa shape index (κ3) is 1.90. The van der Waals surface area contributed by atoms with Crippen molar-refractivity contribution in [3.8, 4) is 0 Å². The maximum Gasteiger partial charge on any atom is 0.00643 e. The van der Waals surface area contributed by atoms with E-state index < -0.39 is 0 Å². The summed E-state index contributed by atoms with van der Waals surface area (Å²) in [6.45, 7) is 6.90. The Balaban J connectivity index is 1.74. The highest BCUT2D eigenvalue weighted by molar-refractivity contribution is 5.67. The minimum Gasteiger partial charge on any atom is -0.0761 e. The lowest BCUT2D eigenvalue weighted by Crippen LogP contribution is -2.15. The third-order valence-electron chi connectivity index (χ3n) is 5.48. The largest absolute Gasteiger partial charge is 0.0761 e. The summed E-state index contributed by atoms with van der Waals surface area (Å²) >= 11 is 0. The van der Waals surface area contributed by atoms with E-state index in [1.807, 2.05) is 0 Å². The van der Waals surface area contributed by atoms with Crippen LogP contribution < -0.4 is 0 Å². The first-order chi connectivity index (χ1) is 10.7. The van der Waals surface area contributed by atoms with Crippen molar-refractivity contribution in [3.63, 3.8) is 0 Å². The number of hydrogen-bond donors (Lipinski definition) is 0. The lowest BCUT2D eigenvalue weighted by Gasteiger charge is -2.27. The first kappa shape index (κ1) is 13.6. The van der Waals surface area contributed by atoms with Crippen molar-refractivity contribution in [3.05, 3.63) is 81.9 Å². The molecule has 0 bridgehead atoms. The second-order valence-corrected chi connectivity index (χ2v) is 6.78. The predicted molar refractivity (Wildman–Crippen MR) is 95.1 cm³/mol. The first-order valence-corrected chi connectivity index (χ1v) is 8.22. The SMILES string of the molecule is Cc1cccc2c1C(C(C)C1C=Cc3cccc(C)c31)C=C2. The maximum absolute atomic E-state index is 2.41. The summed E-state index contributed by atoms with van der Waals surface area (Å²) in [7, 11) is 0. The number of allylic oxidation sites excluding steroid dienone is 2. The Morgan fingerprint density at radius 1 is 0.727 bits per heavy atom. The standard InChI is InChI=1S/C22H22/c1-14-6-4-8-17-10-12-19(21(14)17)16(3)20-13-11-18-9-5-7-15(2)22(18)20/h4-13,16,19-20H,1-3H3. The van der Waals surface area contributed by atoms with Gasteiger partial charge in [0.15, 0.2) is 0 Å². The van der Waals surface area contributed by atoms with E-state index in [9.17, 15) is 0 Å². The fourth-order valence-electron chi connectivity index (χ4n) is 4.31. The molecule has 0 saturated heterocycles. The van der Waals surface area contributed by atoms with Crippen LogP contribution in [0.15, 0.2) is 48.6 Å². The Morgan fingerprint density at radius 3 is 1.64 bits per heavy atom. The van der Waals surface area contributed by atoms with Gasteiger partial charge in [-0.05, 0) is 53.1 Å². The highest BCUT2D eigenvalue weighted by Crippen LogP contribution is 2.47. The fraction of sp³-hybridized carbons (Fsp3) is 0.273. The van der Waals surface area contributed by atoms with Gasteiger partial charge in [0.25, 0.3) is 0 Å². The molecule has 0 radical (unpaired) electrons. The van der Waals surface area contributed by atoms with Crippen molar-refractivity contribution < 1.29 is 0 Å². The van der Waals surface area contributed by atoms with E-state index in [-0.39, 0.29) is 0 Å². The van der Waals surface area contributed by atoms with Crippen molar-refractivity contribution in [2.45, 2.75) is 32.6 Å². The molecule has 0 fully saturated rings. The van der Waals surface area contributed by atoms with Gasteiger partial charge in [-0.25, -0.2) is 0 Å². The van der Waals surface area contributed by atoms with Crippen LogP contribution in [0.4, 0.5) is 0 Å². The van der Waals surface area contributed by atoms with Gasteiger partial charge in [-0.15, -0.1) is 0 Å². The molecule has 0 heterocycles. The molecule has 2 atom stereocenters. The van der Waals surface area contributed by atoms with E-state index in [1.165, 1.54) is 33.4 Å². The molecule has 4 rings (SSSR count). The van der Waals surface area contributed by atoms with Crippen molar-refractivity contribution in [1.29, 1.82) is 0 Å². The average Bonchev–Trinajstić information content (AvgIpc) is 3.12. The molecule has 0 amide bonds. The molecule has 2 aliphatic carbocycles. The maximum atomic E-state index is 2.41. The van der Waals surface area contributed by atoms with Gasteiger partial charge in [0.2, 0.25) is 0 Å². The second-order valence-electron chi connectivity index (χ2n) is 6.78. The monoisotopic (exact) mass is 286 g/mol. The quantitative estimate of drug-likeness (QED) is 0.648. The van der Waals surface area contributed by atoms with E-state index in [4.69, 9.17) is 0 Å². The number of benzene rings is 2. The van der Waals surface area contributed by atoms with Crippen LogP contribution in [0.25, 0.3) is 12.2 Å². The van der Waals surface area contributed by atoms with Crippen LogP contribution in [0.2, 0.25) is 0 Å². The first-order valence-electron chi connectivity index (χ1n) is 8.22. The third-order valence-corrected chi connectivity index (χ3v) is 5.48. The summed E-state index contributed by atoms with van der Waals surface area (Å²) in [6.07, 6.45) is 9.43. The van der Waals surface area contributed by atoms with Gasteiger partial charge in [0, 0.05) is 11.8 Å². The van der Waals surface area contributed by atoms with Gasteiger partial charge >= 0.3 is 0 Å². The Bertz CT molecular complexity index is 724. The van der Waals surface area contributed by atoms with Crippen LogP contribution in [0.5, 0.6) is 0 Å². The van der Waals surface area contributed by atoms with Crippen LogP contribution in [0.3, 0.4) is 0 Å². The molecule has 2 aromatic rings. The van der Waals surface area contributed by atoms with Crippen LogP contribution in [-0.2, 0) is 0 Å². The summed E-state index contributed by atoms with van der Waals surface area (Å²) in [5.74, 6) is 1.63. The van der Waals surface area contributed by atoms with Crippen molar-refractivity contribution >= 4 is 12.2 Å². The van der Waals surface area contributed by atoms with Crippen molar-refractivity contribution in [1.82, 2.24) is 0 Å². The molecule has 0 nitrogen and oxygen atoms in total. The molecule has 110 valence electrons. The zero-order valence-corrected chi connectivity index (χ0v) is 13.5. The molecule has 2 unspecified atom stereocenters. The Kier molecular flexibility index (Phi) is 3.07. The molecule has 0 saturated carbocycles. The molecule has 0 aliphatic heterocycles. The Hall–Kier alpha value is -2.08. The Morgan fingerprint density at radius 2 is 1.18 bits per heavy atom. The van der Waals surface area contributed by atoms with Crippen molar-refractivity contribution in [2.24, 2.45) is 5.92 Å². The van der Waals surface area contributed by atoms with Crippen LogP contribution in [-0.4, -0.2) is 0 Å². The molecule has 0 heteroatoms. The number of rotatable bonds is 2. The summed E-state index contributed by atoms with van der Waals surface area (Å²) in [4.78, 5) is 0.